The summed E-state index contributed by atoms with van der Waals surface area (Å²) in [5, 5.41) is 8.57. The fraction of sp³-hybridized carbons (Fsp3) is 0.429. The Kier molecular flexibility index (Phi) is 4.37. The van der Waals surface area contributed by atoms with Gasteiger partial charge in [-0.1, -0.05) is 6.92 Å². The number of hydrogen-bond donors (Lipinski definition) is 1. The number of likely N-dealkylation sites (tertiary alicyclic amines) is 1. The quantitative estimate of drug-likeness (QED) is 0.862. The fourth-order valence-corrected chi connectivity index (χ4v) is 3.25. The number of carboxylic acid groups (broad SMARTS) is 1. The summed E-state index contributed by atoms with van der Waals surface area (Å²) < 4.78 is 0. The first-order valence-corrected chi connectivity index (χ1v) is 7.25. The maximum Gasteiger partial charge on any atom is 0.328 e. The summed E-state index contributed by atoms with van der Waals surface area (Å²) in [4.78, 5) is 26.2. The smallest absolute Gasteiger partial charge is 0.328 e. The van der Waals surface area contributed by atoms with Gasteiger partial charge < -0.3 is 10.0 Å². The molecule has 1 aliphatic rings. The van der Waals surface area contributed by atoms with Gasteiger partial charge >= 0.3 is 5.97 Å². The van der Waals surface area contributed by atoms with Gasteiger partial charge in [0.2, 0.25) is 0 Å². The lowest BCUT2D eigenvalue weighted by atomic mass is 10.2. The van der Waals surface area contributed by atoms with Crippen LogP contribution in [0.3, 0.4) is 0 Å². The van der Waals surface area contributed by atoms with Crippen molar-refractivity contribution in [3.05, 3.63) is 28.0 Å². The highest BCUT2D eigenvalue weighted by molar-refractivity contribution is 7.14. The minimum atomic E-state index is -0.980. The molecule has 1 saturated heterocycles. The summed E-state index contributed by atoms with van der Waals surface area (Å²) in [6.45, 7) is 2.93. The van der Waals surface area contributed by atoms with Crippen molar-refractivity contribution in [1.29, 1.82) is 0 Å². The van der Waals surface area contributed by atoms with Crippen LogP contribution >= 0.6 is 11.3 Å². The monoisotopic (exact) mass is 279 g/mol. The lowest BCUT2D eigenvalue weighted by Crippen LogP contribution is -2.34. The predicted octanol–water partition coefficient (Wildman–Crippen LogP) is 2.86. The third-order valence-electron chi connectivity index (χ3n) is 3.34. The normalized spacial score (nSPS) is 19.2. The molecule has 102 valence electrons. The number of carboxylic acids is 1. The summed E-state index contributed by atoms with van der Waals surface area (Å²) in [5.41, 5.74) is 0. The van der Waals surface area contributed by atoms with Gasteiger partial charge in [-0.15, -0.1) is 11.3 Å². The van der Waals surface area contributed by atoms with E-state index in [0.717, 1.165) is 36.8 Å². The van der Waals surface area contributed by atoms with Gasteiger partial charge in [-0.3, -0.25) is 4.79 Å². The predicted molar refractivity (Wildman–Crippen MR) is 75.3 cm³/mol. The number of carbonyl (C=O) groups is 2. The third-order valence-corrected chi connectivity index (χ3v) is 4.38. The molecule has 4 nitrogen and oxygen atoms in total. The Morgan fingerprint density at radius 1 is 1.53 bits per heavy atom. The molecule has 1 atom stereocenters. The van der Waals surface area contributed by atoms with Crippen molar-refractivity contribution >= 4 is 29.3 Å². The molecular formula is C14H17NO3S. The van der Waals surface area contributed by atoms with Crippen LogP contribution in [0.1, 0.15) is 40.7 Å². The van der Waals surface area contributed by atoms with Gasteiger partial charge in [0, 0.05) is 23.5 Å². The van der Waals surface area contributed by atoms with Gasteiger partial charge in [0.15, 0.2) is 0 Å². The Bertz CT molecular complexity index is 507. The molecule has 0 aromatic carbocycles. The Morgan fingerprint density at radius 2 is 2.32 bits per heavy atom. The summed E-state index contributed by atoms with van der Waals surface area (Å²) in [5.74, 6) is -0.906. The van der Waals surface area contributed by atoms with Gasteiger partial charge in [0.05, 0.1) is 4.88 Å². The van der Waals surface area contributed by atoms with E-state index in [0.29, 0.717) is 10.9 Å². The second-order valence-electron chi connectivity index (χ2n) is 4.58. The average Bonchev–Trinajstić information content (AvgIpc) is 3.04. The number of hydrogen-bond acceptors (Lipinski definition) is 3. The molecule has 1 N–H and O–H groups in total. The minimum Gasteiger partial charge on any atom is -0.478 e. The molecule has 2 heterocycles. The molecule has 5 heteroatoms. The lowest BCUT2D eigenvalue weighted by molar-refractivity contribution is -0.131. The van der Waals surface area contributed by atoms with Crippen molar-refractivity contribution in [2.24, 2.45) is 0 Å². The molecule has 0 bridgehead atoms. The van der Waals surface area contributed by atoms with E-state index in [1.54, 1.807) is 12.1 Å². The van der Waals surface area contributed by atoms with E-state index < -0.39 is 5.97 Å². The highest BCUT2D eigenvalue weighted by Crippen LogP contribution is 2.26. The molecule has 1 amide bonds. The van der Waals surface area contributed by atoms with E-state index in [1.807, 2.05) is 4.90 Å². The summed E-state index contributed by atoms with van der Waals surface area (Å²) in [7, 11) is 0. The van der Waals surface area contributed by atoms with Crippen LogP contribution in [0.25, 0.3) is 6.08 Å². The van der Waals surface area contributed by atoms with Crippen molar-refractivity contribution in [1.82, 2.24) is 4.90 Å². The maximum absolute atomic E-state index is 12.4. The van der Waals surface area contributed by atoms with Gasteiger partial charge in [-0.05, 0) is 37.5 Å². The second kappa shape index (κ2) is 6.02. The molecule has 1 aromatic heterocycles. The van der Waals surface area contributed by atoms with Crippen LogP contribution in [0.5, 0.6) is 0 Å². The topological polar surface area (TPSA) is 57.6 Å². The molecule has 0 aliphatic carbocycles. The Morgan fingerprint density at radius 3 is 3.00 bits per heavy atom. The zero-order valence-electron chi connectivity index (χ0n) is 10.8. The van der Waals surface area contributed by atoms with E-state index in [-0.39, 0.29) is 5.91 Å². The van der Waals surface area contributed by atoms with Gasteiger partial charge in [0.25, 0.3) is 5.91 Å². The minimum absolute atomic E-state index is 0.0734. The molecule has 0 saturated carbocycles. The first-order chi connectivity index (χ1) is 9.11. The largest absolute Gasteiger partial charge is 0.478 e. The van der Waals surface area contributed by atoms with Crippen LogP contribution in [0.2, 0.25) is 0 Å². The fourth-order valence-electron chi connectivity index (χ4n) is 2.38. The standard InChI is InChI=1S/C14H17NO3S/c1-2-10-4-3-9-15(10)14(18)12-7-5-11(19-12)6-8-13(16)17/h5-8,10H,2-4,9H2,1H3,(H,16,17). The lowest BCUT2D eigenvalue weighted by Gasteiger charge is -2.22. The van der Waals surface area contributed by atoms with Crippen molar-refractivity contribution in [3.8, 4) is 0 Å². The van der Waals surface area contributed by atoms with E-state index in [9.17, 15) is 9.59 Å². The molecule has 1 fully saturated rings. The van der Waals surface area contributed by atoms with Gasteiger partial charge in [-0.25, -0.2) is 4.79 Å². The van der Waals surface area contributed by atoms with E-state index >= 15 is 0 Å². The molecule has 1 aromatic rings. The summed E-state index contributed by atoms with van der Waals surface area (Å²) in [6, 6.07) is 3.92. The number of nitrogens with zero attached hydrogens (tertiary/aromatic N) is 1. The van der Waals surface area contributed by atoms with E-state index in [4.69, 9.17) is 5.11 Å². The average molecular weight is 279 g/mol. The van der Waals surface area contributed by atoms with Crippen molar-refractivity contribution in [2.45, 2.75) is 32.2 Å². The van der Waals surface area contributed by atoms with Crippen molar-refractivity contribution in [3.63, 3.8) is 0 Å². The molecule has 0 spiro atoms. The zero-order chi connectivity index (χ0) is 13.8. The number of thiophene rings is 1. The van der Waals surface area contributed by atoms with Gasteiger partial charge in [0.1, 0.15) is 0 Å². The Balaban J connectivity index is 2.09. The highest BCUT2D eigenvalue weighted by Gasteiger charge is 2.28. The van der Waals surface area contributed by atoms with Crippen LogP contribution in [0, 0.1) is 0 Å². The SMILES string of the molecule is CCC1CCCN1C(=O)c1ccc(C=CC(=O)O)s1. The molecule has 1 aliphatic heterocycles. The van der Waals surface area contributed by atoms with Gasteiger partial charge in [-0.2, -0.15) is 0 Å². The Labute approximate surface area is 116 Å². The molecule has 19 heavy (non-hydrogen) atoms. The first-order valence-electron chi connectivity index (χ1n) is 6.43. The second-order valence-corrected chi connectivity index (χ2v) is 5.69. The third kappa shape index (κ3) is 3.23. The van der Waals surface area contributed by atoms with Crippen molar-refractivity contribution in [2.75, 3.05) is 6.54 Å². The maximum atomic E-state index is 12.4. The first kappa shape index (κ1) is 13.8. The zero-order valence-corrected chi connectivity index (χ0v) is 11.7. The van der Waals surface area contributed by atoms with Crippen LogP contribution < -0.4 is 0 Å². The summed E-state index contributed by atoms with van der Waals surface area (Å²) in [6.07, 6.45) is 5.75. The summed E-state index contributed by atoms with van der Waals surface area (Å²) >= 11 is 1.34. The van der Waals surface area contributed by atoms with Crippen molar-refractivity contribution < 1.29 is 14.7 Å². The van der Waals surface area contributed by atoms with Crippen LogP contribution in [-0.2, 0) is 4.79 Å². The van der Waals surface area contributed by atoms with Crippen LogP contribution in [0.4, 0.5) is 0 Å². The van der Waals surface area contributed by atoms with E-state index in [1.165, 1.54) is 17.4 Å². The number of carbonyl (C=O) groups excluding carboxylic acids is 1. The molecular weight excluding hydrogens is 262 g/mol. The molecule has 0 radical (unpaired) electrons. The van der Waals surface area contributed by atoms with Crippen LogP contribution in [0.15, 0.2) is 18.2 Å². The highest BCUT2D eigenvalue weighted by atomic mass is 32.1. The molecule has 2 rings (SSSR count). The van der Waals surface area contributed by atoms with Crippen LogP contribution in [-0.4, -0.2) is 34.5 Å². The molecule has 1 unspecified atom stereocenters. The van der Waals surface area contributed by atoms with E-state index in [2.05, 4.69) is 6.92 Å². The number of aliphatic carboxylic acids is 1. The Hall–Kier alpha value is -1.62. The number of rotatable bonds is 4. The number of amides is 1.